The molecule has 1 heterocycles. The molecule has 1 aromatic carbocycles. The number of carbonyl (C=O) groups is 1. The molecule has 0 spiro atoms. The highest BCUT2D eigenvalue weighted by molar-refractivity contribution is 7.99. The minimum Gasteiger partial charge on any atom is -0.339 e. The molecule has 2 aromatic rings. The Morgan fingerprint density at radius 3 is 2.71 bits per heavy atom. The van der Waals surface area contributed by atoms with Crippen LogP contribution in [0.2, 0.25) is 5.02 Å². The van der Waals surface area contributed by atoms with Gasteiger partial charge in [-0.05, 0) is 31.2 Å². The van der Waals surface area contributed by atoms with Gasteiger partial charge in [0, 0.05) is 16.8 Å². The lowest BCUT2D eigenvalue weighted by Crippen LogP contribution is -2.02. The predicted octanol–water partition coefficient (Wildman–Crippen LogP) is 3.35. The van der Waals surface area contributed by atoms with Gasteiger partial charge in [0.1, 0.15) is 0 Å². The van der Waals surface area contributed by atoms with E-state index in [-0.39, 0.29) is 5.78 Å². The molecule has 1 aromatic heterocycles. The molecular formula is C12H11ClN2OS. The van der Waals surface area contributed by atoms with E-state index in [1.165, 1.54) is 11.8 Å². The summed E-state index contributed by atoms with van der Waals surface area (Å²) < 4.78 is 0. The van der Waals surface area contributed by atoms with Crippen molar-refractivity contribution in [1.82, 2.24) is 9.97 Å². The number of hydrogen-bond acceptors (Lipinski definition) is 3. The summed E-state index contributed by atoms with van der Waals surface area (Å²) >= 11 is 7.16. The van der Waals surface area contributed by atoms with Gasteiger partial charge in [-0.25, -0.2) is 4.98 Å². The lowest BCUT2D eigenvalue weighted by Gasteiger charge is -1.99. The van der Waals surface area contributed by atoms with Crippen LogP contribution in [-0.2, 0) is 0 Å². The van der Waals surface area contributed by atoms with Crippen LogP contribution in [0.5, 0.6) is 0 Å². The SMILES string of the molecule is Cc1c[nH]c(SCC(=O)c2ccc(Cl)cc2)n1. The fourth-order valence-electron chi connectivity index (χ4n) is 1.32. The van der Waals surface area contributed by atoms with Crippen LogP contribution in [0.3, 0.4) is 0 Å². The number of imidazole rings is 1. The van der Waals surface area contributed by atoms with Crippen molar-refractivity contribution in [2.45, 2.75) is 12.1 Å². The van der Waals surface area contributed by atoms with Gasteiger partial charge in [0.2, 0.25) is 0 Å². The number of thioether (sulfide) groups is 1. The van der Waals surface area contributed by atoms with E-state index in [2.05, 4.69) is 9.97 Å². The average molecular weight is 267 g/mol. The number of H-pyrrole nitrogens is 1. The highest BCUT2D eigenvalue weighted by atomic mass is 35.5. The van der Waals surface area contributed by atoms with E-state index in [1.807, 2.05) is 13.1 Å². The molecule has 3 nitrogen and oxygen atoms in total. The summed E-state index contributed by atoms with van der Waals surface area (Å²) in [5.74, 6) is 0.440. The molecule has 1 N–H and O–H groups in total. The van der Waals surface area contributed by atoms with Crippen molar-refractivity contribution in [3.8, 4) is 0 Å². The first-order chi connectivity index (χ1) is 8.15. The molecule has 88 valence electrons. The van der Waals surface area contributed by atoms with Crippen molar-refractivity contribution in [3.63, 3.8) is 0 Å². The van der Waals surface area contributed by atoms with Gasteiger partial charge in [-0.3, -0.25) is 4.79 Å². The number of nitrogens with zero attached hydrogens (tertiary/aromatic N) is 1. The monoisotopic (exact) mass is 266 g/mol. The third-order valence-corrected chi connectivity index (χ3v) is 3.33. The predicted molar refractivity (Wildman–Crippen MR) is 69.8 cm³/mol. The molecule has 0 bridgehead atoms. The third-order valence-electron chi connectivity index (χ3n) is 2.19. The molecule has 0 unspecified atom stereocenters. The van der Waals surface area contributed by atoms with E-state index in [1.54, 1.807) is 24.3 Å². The minimum atomic E-state index is 0.0701. The first-order valence-corrected chi connectivity index (χ1v) is 6.45. The summed E-state index contributed by atoms with van der Waals surface area (Å²) in [6, 6.07) is 6.91. The molecule has 0 radical (unpaired) electrons. The van der Waals surface area contributed by atoms with E-state index in [4.69, 9.17) is 11.6 Å². The molecule has 2 rings (SSSR count). The van der Waals surface area contributed by atoms with Gasteiger partial charge in [0.25, 0.3) is 0 Å². The maximum atomic E-state index is 11.8. The number of carbonyl (C=O) groups excluding carboxylic acids is 1. The van der Waals surface area contributed by atoms with Crippen molar-refractivity contribution < 1.29 is 4.79 Å². The summed E-state index contributed by atoms with van der Waals surface area (Å²) in [6.45, 7) is 1.90. The Kier molecular flexibility index (Phi) is 3.86. The molecule has 0 amide bonds. The fourth-order valence-corrected chi connectivity index (χ4v) is 2.23. The van der Waals surface area contributed by atoms with Crippen LogP contribution in [-0.4, -0.2) is 21.5 Å². The first-order valence-electron chi connectivity index (χ1n) is 5.09. The number of hydrogen-bond donors (Lipinski definition) is 1. The second-order valence-electron chi connectivity index (χ2n) is 3.57. The van der Waals surface area contributed by atoms with E-state index >= 15 is 0 Å². The fraction of sp³-hybridized carbons (Fsp3) is 0.167. The molecule has 0 saturated carbocycles. The molecule has 5 heteroatoms. The first kappa shape index (κ1) is 12.2. The third kappa shape index (κ3) is 3.35. The minimum absolute atomic E-state index is 0.0701. The van der Waals surface area contributed by atoms with E-state index < -0.39 is 0 Å². The highest BCUT2D eigenvalue weighted by Crippen LogP contribution is 2.16. The Balaban J connectivity index is 1.95. The quantitative estimate of drug-likeness (QED) is 0.682. The number of aromatic amines is 1. The van der Waals surface area contributed by atoms with Crippen molar-refractivity contribution in [2.75, 3.05) is 5.75 Å². The average Bonchev–Trinajstić information content (AvgIpc) is 2.73. The number of benzene rings is 1. The van der Waals surface area contributed by atoms with Crippen molar-refractivity contribution in [1.29, 1.82) is 0 Å². The number of Topliss-reactive ketones (excluding diaryl/α,β-unsaturated/α-hetero) is 1. The van der Waals surface area contributed by atoms with E-state index in [9.17, 15) is 4.79 Å². The number of halogens is 1. The molecule has 0 aliphatic carbocycles. The lowest BCUT2D eigenvalue weighted by atomic mass is 10.1. The Morgan fingerprint density at radius 2 is 2.12 bits per heavy atom. The van der Waals surface area contributed by atoms with Crippen LogP contribution in [0.25, 0.3) is 0 Å². The number of aromatic nitrogens is 2. The molecule has 0 saturated heterocycles. The lowest BCUT2D eigenvalue weighted by molar-refractivity contribution is 0.102. The number of rotatable bonds is 4. The van der Waals surface area contributed by atoms with Crippen molar-refractivity contribution in [2.24, 2.45) is 0 Å². The highest BCUT2D eigenvalue weighted by Gasteiger charge is 2.07. The smallest absolute Gasteiger partial charge is 0.173 e. The van der Waals surface area contributed by atoms with Gasteiger partial charge in [-0.2, -0.15) is 0 Å². The zero-order chi connectivity index (χ0) is 12.3. The maximum Gasteiger partial charge on any atom is 0.173 e. The second kappa shape index (κ2) is 5.38. The molecular weight excluding hydrogens is 256 g/mol. The normalized spacial score (nSPS) is 10.5. The largest absolute Gasteiger partial charge is 0.339 e. The zero-order valence-electron chi connectivity index (χ0n) is 9.24. The summed E-state index contributed by atoms with van der Waals surface area (Å²) in [6.07, 6.45) is 1.81. The van der Waals surface area contributed by atoms with E-state index in [0.29, 0.717) is 16.3 Å². The topological polar surface area (TPSA) is 45.8 Å². The van der Waals surface area contributed by atoms with Crippen LogP contribution in [0.1, 0.15) is 16.1 Å². The molecule has 0 atom stereocenters. The zero-order valence-corrected chi connectivity index (χ0v) is 10.8. The number of aryl methyl sites for hydroxylation is 1. The molecule has 0 fully saturated rings. The number of nitrogens with one attached hydrogen (secondary N) is 1. The molecule has 0 aliphatic heterocycles. The van der Waals surface area contributed by atoms with Crippen molar-refractivity contribution in [3.05, 3.63) is 46.7 Å². The van der Waals surface area contributed by atoms with Crippen LogP contribution in [0, 0.1) is 6.92 Å². The van der Waals surface area contributed by atoms with Crippen LogP contribution in [0.4, 0.5) is 0 Å². The summed E-state index contributed by atoms with van der Waals surface area (Å²) in [4.78, 5) is 19.1. The Morgan fingerprint density at radius 1 is 1.41 bits per heavy atom. The van der Waals surface area contributed by atoms with Gasteiger partial charge < -0.3 is 4.98 Å². The van der Waals surface area contributed by atoms with Crippen molar-refractivity contribution >= 4 is 29.1 Å². The van der Waals surface area contributed by atoms with Crippen LogP contribution < -0.4 is 0 Å². The van der Waals surface area contributed by atoms with Gasteiger partial charge in [0.15, 0.2) is 10.9 Å². The summed E-state index contributed by atoms with van der Waals surface area (Å²) in [5, 5.41) is 1.40. The Labute approximate surface area is 109 Å². The maximum absolute atomic E-state index is 11.8. The molecule has 0 aliphatic rings. The van der Waals surface area contributed by atoms with E-state index in [0.717, 1.165) is 10.9 Å². The second-order valence-corrected chi connectivity index (χ2v) is 4.97. The Bertz CT molecular complexity index is 522. The van der Waals surface area contributed by atoms with Gasteiger partial charge in [-0.15, -0.1) is 0 Å². The summed E-state index contributed by atoms with van der Waals surface area (Å²) in [5.41, 5.74) is 1.59. The van der Waals surface area contributed by atoms with Gasteiger partial charge >= 0.3 is 0 Å². The van der Waals surface area contributed by atoms with Crippen LogP contribution in [0.15, 0.2) is 35.6 Å². The standard InChI is InChI=1S/C12H11ClN2OS/c1-8-6-14-12(15-8)17-7-11(16)9-2-4-10(13)5-3-9/h2-6H,7H2,1H3,(H,14,15). The summed E-state index contributed by atoms with van der Waals surface area (Å²) in [7, 11) is 0. The Hall–Kier alpha value is -1.26. The van der Waals surface area contributed by atoms with Gasteiger partial charge in [0.05, 0.1) is 11.4 Å². The molecule has 17 heavy (non-hydrogen) atoms. The van der Waals surface area contributed by atoms with Crippen LogP contribution >= 0.6 is 23.4 Å². The van der Waals surface area contributed by atoms with Gasteiger partial charge in [-0.1, -0.05) is 23.4 Å². The number of ketones is 1.